The van der Waals surface area contributed by atoms with E-state index in [0.717, 1.165) is 12.0 Å². The largest absolute Gasteiger partial charge is 0.315 e. The predicted molar refractivity (Wildman–Crippen MR) is 87.1 cm³/mol. The van der Waals surface area contributed by atoms with Crippen LogP contribution in [0.1, 0.15) is 47.0 Å². The molecule has 0 amide bonds. The number of nitrogens with zero attached hydrogens (tertiary/aromatic N) is 2. The number of piperazine rings is 1. The molecule has 1 aliphatic carbocycles. The normalized spacial score (nSPS) is 32.7. The average Bonchev–Trinajstić information content (AvgIpc) is 2.37. The fraction of sp³-hybridized carbons (Fsp3) is 1.00. The zero-order valence-electron chi connectivity index (χ0n) is 14.3. The Balaban J connectivity index is 1.92. The molecular formula is C17H35N3. The third-order valence-electron chi connectivity index (χ3n) is 5.36. The van der Waals surface area contributed by atoms with Crippen molar-refractivity contribution >= 4 is 0 Å². The summed E-state index contributed by atoms with van der Waals surface area (Å²) in [5.74, 6) is 0.792. The summed E-state index contributed by atoms with van der Waals surface area (Å²) < 4.78 is 0. The van der Waals surface area contributed by atoms with Crippen LogP contribution in [-0.4, -0.2) is 61.7 Å². The van der Waals surface area contributed by atoms with E-state index in [1.165, 1.54) is 52.0 Å². The highest BCUT2D eigenvalue weighted by atomic mass is 15.3. The van der Waals surface area contributed by atoms with Crippen molar-refractivity contribution < 1.29 is 0 Å². The van der Waals surface area contributed by atoms with Gasteiger partial charge < -0.3 is 10.2 Å². The highest BCUT2D eigenvalue weighted by Gasteiger charge is 2.41. The molecule has 1 aliphatic heterocycles. The van der Waals surface area contributed by atoms with Crippen molar-refractivity contribution in [2.45, 2.75) is 59.0 Å². The molecule has 0 aromatic rings. The van der Waals surface area contributed by atoms with Crippen LogP contribution in [0.2, 0.25) is 0 Å². The number of likely N-dealkylation sites (N-methyl/N-ethyl adjacent to an activating group) is 1. The van der Waals surface area contributed by atoms with Crippen LogP contribution in [0.5, 0.6) is 0 Å². The maximum Gasteiger partial charge on any atom is 0.0271 e. The van der Waals surface area contributed by atoms with Crippen LogP contribution in [0.25, 0.3) is 0 Å². The first-order valence-corrected chi connectivity index (χ1v) is 8.57. The molecule has 0 bridgehead atoms. The lowest BCUT2D eigenvalue weighted by Crippen LogP contribution is -2.61. The van der Waals surface area contributed by atoms with Crippen LogP contribution in [0.3, 0.4) is 0 Å². The van der Waals surface area contributed by atoms with Gasteiger partial charge in [-0.2, -0.15) is 0 Å². The van der Waals surface area contributed by atoms with Crippen molar-refractivity contribution in [3.8, 4) is 0 Å². The quantitative estimate of drug-likeness (QED) is 0.854. The third-order valence-corrected chi connectivity index (χ3v) is 5.36. The fourth-order valence-electron chi connectivity index (χ4n) is 4.38. The monoisotopic (exact) mass is 281 g/mol. The Morgan fingerprint density at radius 3 is 2.35 bits per heavy atom. The molecule has 118 valence electrons. The van der Waals surface area contributed by atoms with Crippen molar-refractivity contribution in [1.29, 1.82) is 0 Å². The number of hydrogen-bond donors (Lipinski definition) is 1. The van der Waals surface area contributed by atoms with Gasteiger partial charge in [0.1, 0.15) is 0 Å². The van der Waals surface area contributed by atoms with E-state index in [1.54, 1.807) is 0 Å². The number of rotatable bonds is 4. The van der Waals surface area contributed by atoms with E-state index in [1.807, 2.05) is 0 Å². The third kappa shape index (κ3) is 3.75. The Morgan fingerprint density at radius 2 is 1.80 bits per heavy atom. The zero-order chi connectivity index (χ0) is 14.8. The summed E-state index contributed by atoms with van der Waals surface area (Å²) in [6, 6.07) is 1.39. The van der Waals surface area contributed by atoms with Crippen molar-refractivity contribution in [3.63, 3.8) is 0 Å². The van der Waals surface area contributed by atoms with Gasteiger partial charge in [0.05, 0.1) is 0 Å². The molecule has 2 rings (SSSR count). The molecule has 3 heteroatoms. The lowest BCUT2D eigenvalue weighted by Gasteiger charge is -2.50. The second-order valence-corrected chi connectivity index (χ2v) is 7.94. The number of hydrogen-bond acceptors (Lipinski definition) is 3. The molecule has 0 aromatic heterocycles. The van der Waals surface area contributed by atoms with Crippen molar-refractivity contribution in [2.24, 2.45) is 11.3 Å². The molecule has 1 saturated heterocycles. The van der Waals surface area contributed by atoms with Crippen LogP contribution in [0.15, 0.2) is 0 Å². The van der Waals surface area contributed by atoms with Gasteiger partial charge in [-0.25, -0.2) is 0 Å². The average molecular weight is 281 g/mol. The summed E-state index contributed by atoms with van der Waals surface area (Å²) in [6.45, 7) is 15.8. The summed E-state index contributed by atoms with van der Waals surface area (Å²) >= 11 is 0. The second-order valence-electron chi connectivity index (χ2n) is 7.94. The van der Waals surface area contributed by atoms with Crippen LogP contribution in [-0.2, 0) is 0 Å². The smallest absolute Gasteiger partial charge is 0.0271 e. The van der Waals surface area contributed by atoms with Gasteiger partial charge in [-0.05, 0) is 31.2 Å². The molecular weight excluding hydrogens is 246 g/mol. The van der Waals surface area contributed by atoms with E-state index in [4.69, 9.17) is 0 Å². The number of nitrogens with one attached hydrogen (secondary N) is 1. The van der Waals surface area contributed by atoms with E-state index in [-0.39, 0.29) is 0 Å². The van der Waals surface area contributed by atoms with Crippen LogP contribution < -0.4 is 5.32 Å². The molecule has 2 aliphatic rings. The first-order chi connectivity index (χ1) is 9.44. The van der Waals surface area contributed by atoms with Gasteiger partial charge in [0.15, 0.2) is 0 Å². The zero-order valence-corrected chi connectivity index (χ0v) is 14.3. The molecule has 1 saturated carbocycles. The molecule has 0 spiro atoms. The SMILES string of the molecule is CNC1C(N2CCN(CC(C)C)CC2)CCCC1(C)C. The lowest BCUT2D eigenvalue weighted by atomic mass is 9.70. The van der Waals surface area contributed by atoms with E-state index in [9.17, 15) is 0 Å². The van der Waals surface area contributed by atoms with Crippen LogP contribution in [0, 0.1) is 11.3 Å². The molecule has 3 nitrogen and oxygen atoms in total. The van der Waals surface area contributed by atoms with Gasteiger partial charge in [-0.1, -0.05) is 34.1 Å². The van der Waals surface area contributed by atoms with Crippen molar-refractivity contribution in [2.75, 3.05) is 39.8 Å². The van der Waals surface area contributed by atoms with Crippen LogP contribution in [0.4, 0.5) is 0 Å². The minimum Gasteiger partial charge on any atom is -0.315 e. The van der Waals surface area contributed by atoms with E-state index < -0.39 is 0 Å². The van der Waals surface area contributed by atoms with Gasteiger partial charge in [-0.15, -0.1) is 0 Å². The molecule has 0 radical (unpaired) electrons. The molecule has 1 N–H and O–H groups in total. The second kappa shape index (κ2) is 6.76. The van der Waals surface area contributed by atoms with Crippen LogP contribution >= 0.6 is 0 Å². The lowest BCUT2D eigenvalue weighted by molar-refractivity contribution is 0.0188. The van der Waals surface area contributed by atoms with Gasteiger partial charge in [0.2, 0.25) is 0 Å². The Morgan fingerprint density at radius 1 is 1.15 bits per heavy atom. The summed E-state index contributed by atoms with van der Waals surface area (Å²) in [5.41, 5.74) is 0.437. The Kier molecular flexibility index (Phi) is 5.49. The highest BCUT2D eigenvalue weighted by Crippen LogP contribution is 2.37. The highest BCUT2D eigenvalue weighted by molar-refractivity contribution is 4.98. The molecule has 20 heavy (non-hydrogen) atoms. The van der Waals surface area contributed by atoms with Gasteiger partial charge in [0.25, 0.3) is 0 Å². The molecule has 0 aromatic carbocycles. The summed E-state index contributed by atoms with van der Waals surface area (Å²) in [6.07, 6.45) is 4.13. The van der Waals surface area contributed by atoms with Crippen molar-refractivity contribution in [1.82, 2.24) is 15.1 Å². The Bertz CT molecular complexity index is 293. The molecule has 2 fully saturated rings. The summed E-state index contributed by atoms with van der Waals surface area (Å²) in [5, 5.41) is 3.63. The first-order valence-electron chi connectivity index (χ1n) is 8.57. The minimum absolute atomic E-state index is 0.437. The molecule has 2 unspecified atom stereocenters. The van der Waals surface area contributed by atoms with Crippen molar-refractivity contribution in [3.05, 3.63) is 0 Å². The standard InChI is InChI=1S/C17H35N3/c1-14(2)13-19-9-11-20(12-10-19)15-7-6-8-17(3,4)16(15)18-5/h14-16,18H,6-13H2,1-5H3. The van der Waals surface area contributed by atoms with Gasteiger partial charge in [-0.3, -0.25) is 4.90 Å². The molecule has 2 atom stereocenters. The van der Waals surface area contributed by atoms with E-state index in [0.29, 0.717) is 11.5 Å². The van der Waals surface area contributed by atoms with Gasteiger partial charge >= 0.3 is 0 Å². The Hall–Kier alpha value is -0.120. The molecule has 1 heterocycles. The Labute approximate surface area is 126 Å². The minimum atomic E-state index is 0.437. The maximum atomic E-state index is 3.63. The predicted octanol–water partition coefficient (Wildman–Crippen LogP) is 2.43. The van der Waals surface area contributed by atoms with E-state index in [2.05, 4.69) is 49.9 Å². The first kappa shape index (κ1) is 16.3. The summed E-state index contributed by atoms with van der Waals surface area (Å²) in [4.78, 5) is 5.41. The van der Waals surface area contributed by atoms with E-state index >= 15 is 0 Å². The van der Waals surface area contributed by atoms with Gasteiger partial charge in [0, 0.05) is 44.8 Å². The fourth-order valence-corrected chi connectivity index (χ4v) is 4.38. The summed E-state index contributed by atoms with van der Waals surface area (Å²) in [7, 11) is 2.15. The topological polar surface area (TPSA) is 18.5 Å². The maximum absolute atomic E-state index is 3.63.